The highest BCUT2D eigenvalue weighted by molar-refractivity contribution is 7.09. The fourth-order valence-corrected chi connectivity index (χ4v) is 2.74. The van der Waals surface area contributed by atoms with Crippen LogP contribution in [0.15, 0.2) is 6.33 Å². The van der Waals surface area contributed by atoms with E-state index in [0.29, 0.717) is 0 Å². The van der Waals surface area contributed by atoms with Crippen molar-refractivity contribution in [1.29, 1.82) is 0 Å². The number of piperazine rings is 1. The quantitative estimate of drug-likeness (QED) is 0.744. The second-order valence-electron chi connectivity index (χ2n) is 4.07. The van der Waals surface area contributed by atoms with Crippen LogP contribution >= 0.6 is 11.5 Å². The summed E-state index contributed by atoms with van der Waals surface area (Å²) in [6, 6.07) is 0.732. The molecule has 6 heteroatoms. The van der Waals surface area contributed by atoms with Gasteiger partial charge in [0.1, 0.15) is 6.33 Å². The Labute approximate surface area is 93.3 Å². The molecule has 2 aliphatic heterocycles. The molecule has 0 radical (unpaired) electrons. The van der Waals surface area contributed by atoms with Crippen LogP contribution in [-0.2, 0) is 0 Å². The summed E-state index contributed by atoms with van der Waals surface area (Å²) >= 11 is 1.49. The maximum absolute atomic E-state index is 4.22. The smallest absolute Gasteiger partial charge is 0.205 e. The predicted molar refractivity (Wildman–Crippen MR) is 60.4 cm³/mol. The summed E-state index contributed by atoms with van der Waals surface area (Å²) in [4.78, 5) is 9.11. The third kappa shape index (κ3) is 1.84. The molecule has 82 valence electrons. The van der Waals surface area contributed by atoms with Crippen molar-refractivity contribution in [2.45, 2.75) is 6.04 Å². The van der Waals surface area contributed by atoms with Crippen molar-refractivity contribution in [2.75, 3.05) is 44.2 Å². The molecule has 1 aromatic heterocycles. The lowest BCUT2D eigenvalue weighted by molar-refractivity contribution is 0.147. The molecule has 3 rings (SSSR count). The molecule has 15 heavy (non-hydrogen) atoms. The van der Waals surface area contributed by atoms with Gasteiger partial charge in [0.2, 0.25) is 5.13 Å². The number of aromatic nitrogens is 2. The molecule has 1 N–H and O–H groups in total. The fraction of sp³-hybridized carbons (Fsp3) is 0.778. The van der Waals surface area contributed by atoms with Crippen LogP contribution in [-0.4, -0.2) is 59.6 Å². The van der Waals surface area contributed by atoms with Crippen molar-refractivity contribution in [2.24, 2.45) is 0 Å². The minimum Gasteiger partial charge on any atom is -0.344 e. The molecule has 0 amide bonds. The van der Waals surface area contributed by atoms with Gasteiger partial charge in [-0.3, -0.25) is 4.90 Å². The lowest BCUT2D eigenvalue weighted by atomic mass is 10.1. The van der Waals surface area contributed by atoms with Gasteiger partial charge in [0.15, 0.2) is 0 Å². The molecule has 5 nitrogen and oxygen atoms in total. The van der Waals surface area contributed by atoms with Crippen molar-refractivity contribution < 1.29 is 0 Å². The first-order valence-corrected chi connectivity index (χ1v) is 6.17. The predicted octanol–water partition coefficient (Wildman–Crippen LogP) is -0.368. The van der Waals surface area contributed by atoms with E-state index in [1.165, 1.54) is 24.6 Å². The summed E-state index contributed by atoms with van der Waals surface area (Å²) in [5, 5.41) is 4.45. The van der Waals surface area contributed by atoms with Gasteiger partial charge in [-0.2, -0.15) is 4.37 Å². The molecule has 3 heterocycles. The molecular formula is C9H15N5S. The molecule has 2 aliphatic rings. The van der Waals surface area contributed by atoms with Gasteiger partial charge in [-0.05, 0) is 0 Å². The van der Waals surface area contributed by atoms with E-state index in [4.69, 9.17) is 0 Å². The summed E-state index contributed by atoms with van der Waals surface area (Å²) in [5.74, 6) is 0. The van der Waals surface area contributed by atoms with Gasteiger partial charge >= 0.3 is 0 Å². The zero-order valence-electron chi connectivity index (χ0n) is 8.59. The molecular weight excluding hydrogens is 210 g/mol. The highest BCUT2D eigenvalue weighted by Gasteiger charge is 2.33. The Kier molecular flexibility index (Phi) is 2.56. The van der Waals surface area contributed by atoms with E-state index in [1.54, 1.807) is 6.33 Å². The molecule has 2 fully saturated rings. The zero-order chi connectivity index (χ0) is 10.1. The average molecular weight is 225 g/mol. The molecule has 2 saturated heterocycles. The van der Waals surface area contributed by atoms with Gasteiger partial charge in [0.05, 0.1) is 0 Å². The van der Waals surface area contributed by atoms with Crippen LogP contribution < -0.4 is 10.2 Å². The lowest BCUT2D eigenvalue weighted by Crippen LogP contribution is -2.62. The van der Waals surface area contributed by atoms with E-state index in [-0.39, 0.29) is 0 Å². The molecule has 0 atom stereocenters. The van der Waals surface area contributed by atoms with Crippen LogP contribution in [0.3, 0.4) is 0 Å². The average Bonchev–Trinajstić information content (AvgIpc) is 2.70. The first-order valence-electron chi connectivity index (χ1n) is 5.40. The normalized spacial score (nSPS) is 24.1. The minimum atomic E-state index is 0.732. The van der Waals surface area contributed by atoms with Crippen molar-refractivity contribution in [3.63, 3.8) is 0 Å². The standard InChI is InChI=1S/C9H15N5S/c1-3-13(4-2-10-1)8-5-14(6-8)9-11-7-12-15-9/h7-8,10H,1-6H2. The zero-order valence-corrected chi connectivity index (χ0v) is 9.41. The number of nitrogens with one attached hydrogen (secondary N) is 1. The van der Waals surface area contributed by atoms with Crippen LogP contribution in [0.4, 0.5) is 5.13 Å². The Morgan fingerprint density at radius 3 is 2.80 bits per heavy atom. The Morgan fingerprint density at radius 1 is 1.33 bits per heavy atom. The van der Waals surface area contributed by atoms with Crippen molar-refractivity contribution >= 4 is 16.7 Å². The summed E-state index contributed by atoms with van der Waals surface area (Å²) in [7, 11) is 0. The van der Waals surface area contributed by atoms with Gasteiger partial charge in [0, 0.05) is 56.8 Å². The van der Waals surface area contributed by atoms with E-state index < -0.39 is 0 Å². The summed E-state index contributed by atoms with van der Waals surface area (Å²) in [5.41, 5.74) is 0. The van der Waals surface area contributed by atoms with Crippen molar-refractivity contribution in [3.8, 4) is 0 Å². The molecule has 1 aromatic rings. The topological polar surface area (TPSA) is 44.3 Å². The number of nitrogens with zero attached hydrogens (tertiary/aromatic N) is 4. The summed E-state index contributed by atoms with van der Waals surface area (Å²) < 4.78 is 4.03. The number of rotatable bonds is 2. The van der Waals surface area contributed by atoms with Gasteiger partial charge in [-0.25, -0.2) is 4.98 Å². The van der Waals surface area contributed by atoms with Crippen LogP contribution in [0.5, 0.6) is 0 Å². The van der Waals surface area contributed by atoms with E-state index >= 15 is 0 Å². The highest BCUT2D eigenvalue weighted by Crippen LogP contribution is 2.24. The molecule has 0 aliphatic carbocycles. The third-order valence-electron chi connectivity index (χ3n) is 3.15. The van der Waals surface area contributed by atoms with Crippen LogP contribution in [0.25, 0.3) is 0 Å². The van der Waals surface area contributed by atoms with Crippen LogP contribution in [0, 0.1) is 0 Å². The van der Waals surface area contributed by atoms with Crippen molar-refractivity contribution in [3.05, 3.63) is 6.33 Å². The first-order chi connectivity index (χ1) is 7.43. The monoisotopic (exact) mass is 225 g/mol. The molecule has 0 bridgehead atoms. The van der Waals surface area contributed by atoms with E-state index in [0.717, 1.165) is 37.4 Å². The Hall–Kier alpha value is -0.720. The third-order valence-corrected chi connectivity index (χ3v) is 3.88. The largest absolute Gasteiger partial charge is 0.344 e. The Balaban J connectivity index is 1.53. The van der Waals surface area contributed by atoms with Gasteiger partial charge < -0.3 is 10.2 Å². The number of anilines is 1. The summed E-state index contributed by atoms with van der Waals surface area (Å²) in [6.45, 7) is 6.89. The van der Waals surface area contributed by atoms with E-state index in [9.17, 15) is 0 Å². The molecule has 0 saturated carbocycles. The lowest BCUT2D eigenvalue weighted by Gasteiger charge is -2.46. The second kappa shape index (κ2) is 4.03. The Bertz CT molecular complexity index is 302. The first kappa shape index (κ1) is 9.50. The van der Waals surface area contributed by atoms with Gasteiger partial charge in [-0.15, -0.1) is 0 Å². The highest BCUT2D eigenvalue weighted by atomic mass is 32.1. The van der Waals surface area contributed by atoms with Gasteiger partial charge in [0.25, 0.3) is 0 Å². The maximum atomic E-state index is 4.22. The SMILES string of the molecule is c1nsc(N2CC(N3CCNCC3)C2)n1. The number of hydrogen-bond donors (Lipinski definition) is 1. The molecule has 0 unspecified atom stereocenters. The van der Waals surface area contributed by atoms with Crippen LogP contribution in [0.1, 0.15) is 0 Å². The summed E-state index contributed by atoms with van der Waals surface area (Å²) in [6.07, 6.45) is 1.64. The Morgan fingerprint density at radius 2 is 2.13 bits per heavy atom. The minimum absolute atomic E-state index is 0.732. The van der Waals surface area contributed by atoms with Gasteiger partial charge in [-0.1, -0.05) is 0 Å². The van der Waals surface area contributed by atoms with E-state index in [1.807, 2.05) is 0 Å². The van der Waals surface area contributed by atoms with E-state index in [2.05, 4.69) is 24.5 Å². The van der Waals surface area contributed by atoms with Crippen LogP contribution in [0.2, 0.25) is 0 Å². The molecule has 0 aromatic carbocycles. The second-order valence-corrected chi connectivity index (χ2v) is 4.83. The number of hydrogen-bond acceptors (Lipinski definition) is 6. The maximum Gasteiger partial charge on any atom is 0.205 e. The molecule has 0 spiro atoms. The van der Waals surface area contributed by atoms with Crippen molar-refractivity contribution in [1.82, 2.24) is 19.6 Å². The fourth-order valence-electron chi connectivity index (χ4n) is 2.20.